The minimum absolute atomic E-state index is 0.185. The Morgan fingerprint density at radius 3 is 3.22 bits per heavy atom. The molecule has 4 rings (SSSR count). The van der Waals surface area contributed by atoms with Crippen molar-refractivity contribution in [2.45, 2.75) is 25.6 Å². The zero-order valence-electron chi connectivity index (χ0n) is 12.3. The number of aromatic nitrogens is 3. The number of hydrogen-bond acceptors (Lipinski definition) is 6. The number of fused-ring (bicyclic) bond motifs is 2. The minimum Gasteiger partial charge on any atom is -0.461 e. The van der Waals surface area contributed by atoms with Gasteiger partial charge >= 0.3 is 5.97 Å². The third kappa shape index (κ3) is 2.97. The van der Waals surface area contributed by atoms with Gasteiger partial charge in [-0.1, -0.05) is 6.07 Å². The van der Waals surface area contributed by atoms with Gasteiger partial charge in [0.05, 0.1) is 19.1 Å². The van der Waals surface area contributed by atoms with E-state index in [0.717, 1.165) is 28.6 Å². The van der Waals surface area contributed by atoms with E-state index in [-0.39, 0.29) is 25.1 Å². The van der Waals surface area contributed by atoms with Crippen molar-refractivity contribution in [3.05, 3.63) is 45.6 Å². The zero-order chi connectivity index (χ0) is 15.6. The average molecular weight is 329 g/mol. The standard InChI is InChI=1S/C16H15N3O3S/c20-16(8-14-11-4-6-23-15(11)3-5-21-14)22-9-10-1-2-12-13(7-10)18-19-17-12/h1-2,4,6-7,14H,3,5,8-9H2,(H,17,18,19)/t14-/m0/s1. The van der Waals surface area contributed by atoms with E-state index in [1.54, 1.807) is 11.3 Å². The van der Waals surface area contributed by atoms with Crippen LogP contribution in [0.1, 0.15) is 28.5 Å². The molecule has 7 heteroatoms. The van der Waals surface area contributed by atoms with E-state index in [1.165, 1.54) is 4.88 Å². The van der Waals surface area contributed by atoms with E-state index in [9.17, 15) is 4.79 Å². The maximum Gasteiger partial charge on any atom is 0.309 e. The van der Waals surface area contributed by atoms with Crippen molar-refractivity contribution in [2.24, 2.45) is 0 Å². The normalized spacial score (nSPS) is 17.1. The van der Waals surface area contributed by atoms with Crippen LogP contribution in [0.2, 0.25) is 0 Å². The Morgan fingerprint density at radius 2 is 2.26 bits per heavy atom. The van der Waals surface area contributed by atoms with E-state index < -0.39 is 0 Å². The molecule has 23 heavy (non-hydrogen) atoms. The summed E-state index contributed by atoms with van der Waals surface area (Å²) in [7, 11) is 0. The number of ether oxygens (including phenoxy) is 2. The van der Waals surface area contributed by atoms with Gasteiger partial charge in [0.25, 0.3) is 0 Å². The number of aromatic amines is 1. The van der Waals surface area contributed by atoms with Crippen molar-refractivity contribution >= 4 is 28.3 Å². The molecule has 1 aromatic carbocycles. The molecule has 0 spiro atoms. The lowest BCUT2D eigenvalue weighted by Gasteiger charge is -2.22. The molecule has 1 aliphatic rings. The Labute approximate surface area is 136 Å². The van der Waals surface area contributed by atoms with Gasteiger partial charge in [-0.25, -0.2) is 0 Å². The number of nitrogens with one attached hydrogen (secondary N) is 1. The first-order valence-electron chi connectivity index (χ1n) is 7.42. The van der Waals surface area contributed by atoms with E-state index in [2.05, 4.69) is 15.4 Å². The molecule has 0 saturated carbocycles. The molecule has 2 aromatic heterocycles. The minimum atomic E-state index is -0.255. The Hall–Kier alpha value is -2.25. The Morgan fingerprint density at radius 1 is 1.35 bits per heavy atom. The van der Waals surface area contributed by atoms with Crippen molar-refractivity contribution in [3.8, 4) is 0 Å². The second-order valence-corrected chi connectivity index (χ2v) is 6.42. The molecule has 1 N–H and O–H groups in total. The lowest BCUT2D eigenvalue weighted by atomic mass is 10.0. The molecule has 6 nitrogen and oxygen atoms in total. The third-order valence-electron chi connectivity index (χ3n) is 3.91. The maximum atomic E-state index is 12.1. The molecule has 3 heterocycles. The number of carbonyl (C=O) groups is 1. The fourth-order valence-corrected chi connectivity index (χ4v) is 3.66. The number of nitrogens with zero attached hydrogens (tertiary/aromatic N) is 2. The van der Waals surface area contributed by atoms with Crippen molar-refractivity contribution < 1.29 is 14.3 Å². The summed E-state index contributed by atoms with van der Waals surface area (Å²) in [5, 5.41) is 12.6. The number of H-pyrrole nitrogens is 1. The van der Waals surface area contributed by atoms with Crippen LogP contribution in [0.15, 0.2) is 29.6 Å². The molecule has 0 radical (unpaired) electrons. The highest BCUT2D eigenvalue weighted by atomic mass is 32.1. The van der Waals surface area contributed by atoms with Crippen molar-refractivity contribution in [1.29, 1.82) is 0 Å². The predicted octanol–water partition coefficient (Wildman–Crippen LogP) is 2.77. The van der Waals surface area contributed by atoms with Crippen molar-refractivity contribution in [1.82, 2.24) is 15.4 Å². The van der Waals surface area contributed by atoms with E-state index in [1.807, 2.05) is 29.6 Å². The number of hydrogen-bond donors (Lipinski definition) is 1. The zero-order valence-corrected chi connectivity index (χ0v) is 13.1. The lowest BCUT2D eigenvalue weighted by molar-refractivity contribution is -0.148. The highest BCUT2D eigenvalue weighted by Gasteiger charge is 2.25. The highest BCUT2D eigenvalue weighted by Crippen LogP contribution is 2.33. The van der Waals surface area contributed by atoms with Crippen molar-refractivity contribution in [2.75, 3.05) is 6.61 Å². The number of benzene rings is 1. The van der Waals surface area contributed by atoms with Gasteiger partial charge in [-0.15, -0.1) is 11.3 Å². The fraction of sp³-hybridized carbons (Fsp3) is 0.312. The Kier molecular flexibility index (Phi) is 3.80. The quantitative estimate of drug-likeness (QED) is 0.745. The molecule has 0 unspecified atom stereocenters. The van der Waals surface area contributed by atoms with Gasteiger partial charge in [0.2, 0.25) is 0 Å². The second-order valence-electron chi connectivity index (χ2n) is 5.42. The summed E-state index contributed by atoms with van der Waals surface area (Å²) in [6.07, 6.45) is 0.988. The molecule has 1 aliphatic heterocycles. The summed E-state index contributed by atoms with van der Waals surface area (Å²) in [6.45, 7) is 0.888. The first-order chi connectivity index (χ1) is 11.3. The molecular weight excluding hydrogens is 314 g/mol. The molecule has 0 fully saturated rings. The van der Waals surface area contributed by atoms with Crippen LogP contribution < -0.4 is 0 Å². The molecule has 0 amide bonds. The number of carbonyl (C=O) groups excluding carboxylic acids is 1. The van der Waals surface area contributed by atoms with Gasteiger partial charge in [-0.2, -0.15) is 15.4 Å². The van der Waals surface area contributed by atoms with Gasteiger partial charge in [0.1, 0.15) is 17.6 Å². The van der Waals surface area contributed by atoms with Crippen LogP contribution in [0, 0.1) is 0 Å². The molecule has 0 saturated heterocycles. The van der Waals surface area contributed by atoms with Crippen LogP contribution in [0.5, 0.6) is 0 Å². The molecule has 1 atom stereocenters. The maximum absolute atomic E-state index is 12.1. The van der Waals surface area contributed by atoms with Gasteiger partial charge in [-0.3, -0.25) is 4.79 Å². The molecule has 3 aromatic rings. The number of esters is 1. The number of rotatable bonds is 4. The van der Waals surface area contributed by atoms with Gasteiger partial charge < -0.3 is 9.47 Å². The number of thiophene rings is 1. The summed E-state index contributed by atoms with van der Waals surface area (Å²) in [5.74, 6) is -0.255. The molecular formula is C16H15N3O3S. The van der Waals surface area contributed by atoms with Crippen LogP contribution >= 0.6 is 11.3 Å². The fourth-order valence-electron chi connectivity index (χ4n) is 2.74. The van der Waals surface area contributed by atoms with Crippen LogP contribution in [0.3, 0.4) is 0 Å². The largest absolute Gasteiger partial charge is 0.461 e. The van der Waals surface area contributed by atoms with E-state index >= 15 is 0 Å². The monoisotopic (exact) mass is 329 g/mol. The first-order valence-corrected chi connectivity index (χ1v) is 8.30. The first kappa shape index (κ1) is 14.3. The molecule has 0 bridgehead atoms. The van der Waals surface area contributed by atoms with Crippen LogP contribution in [0.4, 0.5) is 0 Å². The van der Waals surface area contributed by atoms with Crippen LogP contribution in [0.25, 0.3) is 11.0 Å². The van der Waals surface area contributed by atoms with Gasteiger partial charge in [0, 0.05) is 11.3 Å². The van der Waals surface area contributed by atoms with Crippen molar-refractivity contribution in [3.63, 3.8) is 0 Å². The summed E-state index contributed by atoms with van der Waals surface area (Å²) in [6, 6.07) is 7.63. The van der Waals surface area contributed by atoms with Crippen LogP contribution in [-0.2, 0) is 27.3 Å². The highest BCUT2D eigenvalue weighted by molar-refractivity contribution is 7.10. The summed E-state index contributed by atoms with van der Waals surface area (Å²) in [5.41, 5.74) is 3.57. The lowest BCUT2D eigenvalue weighted by Crippen LogP contribution is -2.18. The van der Waals surface area contributed by atoms with Gasteiger partial charge in [0.15, 0.2) is 0 Å². The van der Waals surface area contributed by atoms with E-state index in [4.69, 9.17) is 9.47 Å². The second kappa shape index (κ2) is 6.10. The molecule has 0 aliphatic carbocycles. The molecule has 118 valence electrons. The Balaban J connectivity index is 1.37. The van der Waals surface area contributed by atoms with Crippen LogP contribution in [-0.4, -0.2) is 28.0 Å². The third-order valence-corrected chi connectivity index (χ3v) is 4.90. The van der Waals surface area contributed by atoms with Gasteiger partial charge in [-0.05, 0) is 34.7 Å². The van der Waals surface area contributed by atoms with E-state index in [0.29, 0.717) is 6.61 Å². The summed E-state index contributed by atoms with van der Waals surface area (Å²) in [4.78, 5) is 13.4. The Bertz CT molecular complexity index is 842. The SMILES string of the molecule is O=C(C[C@@H]1OCCc2sccc21)OCc1ccc2n[nH]nc2c1. The average Bonchev–Trinajstić information content (AvgIpc) is 3.21. The summed E-state index contributed by atoms with van der Waals surface area (Å²) >= 11 is 1.72. The predicted molar refractivity (Wildman–Crippen MR) is 85.0 cm³/mol. The smallest absolute Gasteiger partial charge is 0.309 e. The summed E-state index contributed by atoms with van der Waals surface area (Å²) < 4.78 is 11.1. The topological polar surface area (TPSA) is 77.1 Å².